The number of carbonyl (C=O) groups excluding carboxylic acids is 2. The second kappa shape index (κ2) is 11.5. The standard InChI is InChI=1S/C20H28F3N3O6S/c1-33(29,30)11-6-14(13-25-15-2-4-16(5-3-15)32-20(21,22)23)17(19(24)28)12-18(27)26-7-9-31-10-8-26/h2-5,14,17,25H,6-13H2,1H3,(H2,24,28)/t14-,17?/m0/s1. The Bertz CT molecular complexity index is 903. The number of nitrogens with one attached hydrogen (secondary N) is 1. The first-order valence-electron chi connectivity index (χ1n) is 10.3. The minimum absolute atomic E-state index is 0.0745. The van der Waals surface area contributed by atoms with Crippen LogP contribution in [0.2, 0.25) is 0 Å². The first kappa shape index (κ1) is 26.7. The summed E-state index contributed by atoms with van der Waals surface area (Å²) < 4.78 is 69.4. The molecule has 33 heavy (non-hydrogen) atoms. The lowest BCUT2D eigenvalue weighted by Crippen LogP contribution is -2.44. The van der Waals surface area contributed by atoms with Crippen LogP contribution in [0.5, 0.6) is 5.75 Å². The van der Waals surface area contributed by atoms with Gasteiger partial charge in [0.25, 0.3) is 0 Å². The van der Waals surface area contributed by atoms with Crippen LogP contribution in [-0.2, 0) is 24.2 Å². The lowest BCUT2D eigenvalue weighted by Gasteiger charge is -2.30. The summed E-state index contributed by atoms with van der Waals surface area (Å²) in [5.41, 5.74) is 6.00. The molecule has 1 saturated heterocycles. The van der Waals surface area contributed by atoms with Crippen molar-refractivity contribution in [1.82, 2.24) is 4.90 Å². The van der Waals surface area contributed by atoms with Gasteiger partial charge in [0.1, 0.15) is 15.6 Å². The number of sulfone groups is 1. The lowest BCUT2D eigenvalue weighted by atomic mass is 9.86. The van der Waals surface area contributed by atoms with Gasteiger partial charge >= 0.3 is 6.36 Å². The zero-order chi connectivity index (χ0) is 24.6. The summed E-state index contributed by atoms with van der Waals surface area (Å²) in [4.78, 5) is 26.4. The van der Waals surface area contributed by atoms with Crippen LogP contribution in [-0.4, -0.2) is 76.4 Å². The van der Waals surface area contributed by atoms with Crippen LogP contribution in [0.1, 0.15) is 12.8 Å². The van der Waals surface area contributed by atoms with Gasteiger partial charge in [0.15, 0.2) is 0 Å². The van der Waals surface area contributed by atoms with E-state index in [1.165, 1.54) is 12.1 Å². The maximum Gasteiger partial charge on any atom is 0.573 e. The summed E-state index contributed by atoms with van der Waals surface area (Å²) in [6, 6.07) is 4.95. The van der Waals surface area contributed by atoms with Crippen LogP contribution in [0.3, 0.4) is 0 Å². The first-order valence-corrected chi connectivity index (χ1v) is 12.3. The van der Waals surface area contributed by atoms with Gasteiger partial charge in [-0.1, -0.05) is 0 Å². The van der Waals surface area contributed by atoms with Crippen LogP contribution < -0.4 is 15.8 Å². The van der Waals surface area contributed by atoms with Crippen molar-refractivity contribution in [2.24, 2.45) is 17.6 Å². The number of ether oxygens (including phenoxy) is 2. The molecule has 1 aliphatic rings. The summed E-state index contributed by atoms with van der Waals surface area (Å²) in [6.45, 7) is 1.64. The summed E-state index contributed by atoms with van der Waals surface area (Å²) in [7, 11) is -3.35. The highest BCUT2D eigenvalue weighted by Crippen LogP contribution is 2.26. The number of amides is 2. The number of carbonyl (C=O) groups is 2. The predicted molar refractivity (Wildman–Crippen MR) is 114 cm³/mol. The normalized spacial score (nSPS) is 16.7. The summed E-state index contributed by atoms with van der Waals surface area (Å²) in [5, 5.41) is 2.97. The van der Waals surface area contributed by atoms with Crippen molar-refractivity contribution in [2.75, 3.05) is 50.2 Å². The molecule has 1 aromatic carbocycles. The second-order valence-corrected chi connectivity index (χ2v) is 10.1. The smallest absolute Gasteiger partial charge is 0.406 e. The third-order valence-electron chi connectivity index (χ3n) is 5.21. The summed E-state index contributed by atoms with van der Waals surface area (Å²) in [5.74, 6) is -3.15. The number of nitrogens with two attached hydrogens (primary N) is 1. The van der Waals surface area contributed by atoms with E-state index >= 15 is 0 Å². The Morgan fingerprint density at radius 1 is 1.21 bits per heavy atom. The molecule has 1 fully saturated rings. The van der Waals surface area contributed by atoms with Gasteiger partial charge in [-0.15, -0.1) is 13.2 Å². The second-order valence-electron chi connectivity index (χ2n) is 7.84. The van der Waals surface area contributed by atoms with Crippen molar-refractivity contribution in [3.8, 4) is 5.75 Å². The van der Waals surface area contributed by atoms with Crippen LogP contribution in [0.25, 0.3) is 0 Å². The lowest BCUT2D eigenvalue weighted by molar-refractivity contribution is -0.274. The van der Waals surface area contributed by atoms with Crippen molar-refractivity contribution in [3.63, 3.8) is 0 Å². The quantitative estimate of drug-likeness (QED) is 0.475. The SMILES string of the molecule is CS(=O)(=O)CC[C@@H](CNc1ccc(OC(F)(F)F)cc1)C(CC(=O)N1CCOCC1)C(N)=O. The molecule has 3 N–H and O–H groups in total. The Kier molecular flexibility index (Phi) is 9.35. The average molecular weight is 496 g/mol. The van der Waals surface area contributed by atoms with Crippen molar-refractivity contribution in [2.45, 2.75) is 19.2 Å². The number of nitrogens with zero attached hydrogens (tertiary/aromatic N) is 1. The molecule has 2 rings (SSSR count). The maximum atomic E-state index is 12.7. The van der Waals surface area contributed by atoms with Crippen LogP contribution in [0, 0.1) is 11.8 Å². The number of morpholine rings is 1. The third kappa shape index (κ3) is 9.86. The monoisotopic (exact) mass is 495 g/mol. The number of primary amides is 1. The molecule has 1 heterocycles. The minimum Gasteiger partial charge on any atom is -0.406 e. The fourth-order valence-electron chi connectivity index (χ4n) is 3.46. The van der Waals surface area contributed by atoms with Crippen molar-refractivity contribution >= 4 is 27.3 Å². The van der Waals surface area contributed by atoms with Crippen molar-refractivity contribution in [1.29, 1.82) is 0 Å². The fourth-order valence-corrected chi connectivity index (χ4v) is 4.19. The molecule has 1 aliphatic heterocycles. The molecule has 9 nitrogen and oxygen atoms in total. The number of hydrogen-bond donors (Lipinski definition) is 2. The Balaban J connectivity index is 2.10. The van der Waals surface area contributed by atoms with Gasteiger partial charge in [0.2, 0.25) is 11.8 Å². The summed E-state index contributed by atoms with van der Waals surface area (Å²) in [6.07, 6.45) is -3.85. The average Bonchev–Trinajstić information content (AvgIpc) is 2.72. The van der Waals surface area contributed by atoms with E-state index in [-0.39, 0.29) is 31.0 Å². The van der Waals surface area contributed by atoms with Gasteiger partial charge in [-0.2, -0.15) is 0 Å². The molecule has 1 aromatic rings. The highest BCUT2D eigenvalue weighted by Gasteiger charge is 2.32. The first-order chi connectivity index (χ1) is 15.3. The van der Waals surface area contributed by atoms with Gasteiger partial charge in [0, 0.05) is 38.0 Å². The van der Waals surface area contributed by atoms with Crippen LogP contribution in [0.4, 0.5) is 18.9 Å². The Morgan fingerprint density at radius 2 is 1.82 bits per heavy atom. The molecule has 0 radical (unpaired) electrons. The van der Waals surface area contributed by atoms with E-state index in [0.29, 0.717) is 32.0 Å². The fraction of sp³-hybridized carbons (Fsp3) is 0.600. The minimum atomic E-state index is -4.81. The van der Waals surface area contributed by atoms with Gasteiger partial charge in [-0.25, -0.2) is 8.42 Å². The molecule has 0 aliphatic carbocycles. The highest BCUT2D eigenvalue weighted by atomic mass is 32.2. The van der Waals surface area contributed by atoms with Gasteiger partial charge in [-0.05, 0) is 36.6 Å². The molecular weight excluding hydrogens is 467 g/mol. The van der Waals surface area contributed by atoms with Gasteiger partial charge in [-0.3, -0.25) is 9.59 Å². The molecule has 0 bridgehead atoms. The van der Waals surface area contributed by atoms with E-state index in [1.54, 1.807) is 4.90 Å². The maximum absolute atomic E-state index is 12.7. The van der Waals surface area contributed by atoms with E-state index in [9.17, 15) is 31.2 Å². The molecular formula is C20H28F3N3O6S. The molecule has 1 unspecified atom stereocenters. The molecule has 0 aromatic heterocycles. The Hall–Kier alpha value is -2.54. The number of hydrogen-bond acceptors (Lipinski definition) is 7. The van der Waals surface area contributed by atoms with E-state index < -0.39 is 39.7 Å². The molecule has 13 heteroatoms. The molecule has 2 atom stereocenters. The van der Waals surface area contributed by atoms with Crippen LogP contribution in [0.15, 0.2) is 24.3 Å². The van der Waals surface area contributed by atoms with E-state index in [0.717, 1.165) is 18.4 Å². The van der Waals surface area contributed by atoms with E-state index in [2.05, 4.69) is 10.1 Å². The van der Waals surface area contributed by atoms with E-state index in [4.69, 9.17) is 10.5 Å². The largest absolute Gasteiger partial charge is 0.573 e. The van der Waals surface area contributed by atoms with Crippen LogP contribution >= 0.6 is 0 Å². The number of alkyl halides is 3. The number of halogens is 3. The van der Waals surface area contributed by atoms with Crippen molar-refractivity contribution < 1.29 is 40.7 Å². The van der Waals surface area contributed by atoms with Gasteiger partial charge in [0.05, 0.1) is 24.9 Å². The zero-order valence-corrected chi connectivity index (χ0v) is 19.0. The Labute approximate surface area is 190 Å². The molecule has 0 spiro atoms. The Morgan fingerprint density at radius 3 is 2.33 bits per heavy atom. The predicted octanol–water partition coefficient (Wildman–Crippen LogP) is 1.40. The highest BCUT2D eigenvalue weighted by molar-refractivity contribution is 7.90. The molecule has 2 amide bonds. The van der Waals surface area contributed by atoms with E-state index in [1.807, 2.05) is 0 Å². The summed E-state index contributed by atoms with van der Waals surface area (Å²) >= 11 is 0. The topological polar surface area (TPSA) is 128 Å². The molecule has 186 valence electrons. The number of rotatable bonds is 11. The zero-order valence-electron chi connectivity index (χ0n) is 18.1. The number of benzene rings is 1. The van der Waals surface area contributed by atoms with Crippen molar-refractivity contribution in [3.05, 3.63) is 24.3 Å². The van der Waals surface area contributed by atoms with Gasteiger partial charge < -0.3 is 25.4 Å². The molecule has 0 saturated carbocycles. The third-order valence-corrected chi connectivity index (χ3v) is 6.19. The number of anilines is 1.